The molecule has 2 fully saturated rings. The van der Waals surface area contributed by atoms with Crippen LogP contribution in [-0.2, 0) is 4.79 Å². The van der Waals surface area contributed by atoms with E-state index in [1.54, 1.807) is 34.8 Å². The van der Waals surface area contributed by atoms with Crippen LogP contribution in [-0.4, -0.2) is 66.2 Å². The Morgan fingerprint density at radius 3 is 2.57 bits per heavy atom. The Bertz CT molecular complexity index is 1850. The van der Waals surface area contributed by atoms with Gasteiger partial charge >= 0.3 is 0 Å². The maximum absolute atomic E-state index is 15.8. The molecule has 7 rings (SSSR count). The molecule has 1 aliphatic heterocycles. The van der Waals surface area contributed by atoms with Crippen molar-refractivity contribution in [2.75, 3.05) is 18.4 Å². The summed E-state index contributed by atoms with van der Waals surface area (Å²) in [5.74, 6) is -1.68. The minimum Gasteiger partial charge on any atom is -0.436 e. The predicted molar refractivity (Wildman–Crippen MR) is 155 cm³/mol. The van der Waals surface area contributed by atoms with E-state index in [1.807, 2.05) is 30.3 Å². The number of nitrogens with zero attached hydrogens (tertiary/aromatic N) is 7. The average Bonchev–Trinajstić information content (AvgIpc) is 3.39. The summed E-state index contributed by atoms with van der Waals surface area (Å²) in [6.07, 6.45) is 1.78. The third-order valence-electron chi connectivity index (χ3n) is 8.22. The monoisotopic (exact) mass is 598 g/mol. The third kappa shape index (κ3) is 5.29. The molecule has 1 saturated carbocycles. The van der Waals surface area contributed by atoms with E-state index in [-0.39, 0.29) is 35.5 Å². The molecule has 13 heteroatoms. The fraction of sp³-hybridized carbons (Fsp3) is 0.323. The first kappa shape index (κ1) is 27.7. The number of amides is 2. The van der Waals surface area contributed by atoms with E-state index in [9.17, 15) is 14.0 Å². The van der Waals surface area contributed by atoms with Gasteiger partial charge in [0.15, 0.2) is 22.9 Å². The highest BCUT2D eigenvalue weighted by atomic mass is 19.1. The molecule has 1 N–H and O–H groups in total. The molecule has 1 aliphatic carbocycles. The van der Waals surface area contributed by atoms with E-state index >= 15 is 4.39 Å². The second kappa shape index (κ2) is 11.2. The minimum atomic E-state index is -1.11. The first-order chi connectivity index (χ1) is 21.4. The van der Waals surface area contributed by atoms with Gasteiger partial charge in [0.2, 0.25) is 11.8 Å². The lowest BCUT2D eigenvalue weighted by Gasteiger charge is -2.35. The van der Waals surface area contributed by atoms with Crippen LogP contribution in [0.3, 0.4) is 0 Å². The number of anilines is 1. The second-order valence-electron chi connectivity index (χ2n) is 11.2. The van der Waals surface area contributed by atoms with Gasteiger partial charge in [-0.3, -0.25) is 9.59 Å². The highest BCUT2D eigenvalue weighted by molar-refractivity contribution is 5.96. The Morgan fingerprint density at radius 2 is 1.86 bits per heavy atom. The largest absolute Gasteiger partial charge is 0.436 e. The number of rotatable bonds is 7. The molecule has 2 aromatic carbocycles. The maximum atomic E-state index is 15.8. The van der Waals surface area contributed by atoms with E-state index in [0.29, 0.717) is 48.5 Å². The molecule has 44 heavy (non-hydrogen) atoms. The number of alkyl halides is 1. The zero-order valence-electron chi connectivity index (χ0n) is 23.7. The number of aromatic nitrogens is 6. The predicted octanol–water partition coefficient (Wildman–Crippen LogP) is 4.76. The van der Waals surface area contributed by atoms with Gasteiger partial charge in [-0.05, 0) is 67.1 Å². The number of hydrogen-bond donors (Lipinski definition) is 1. The van der Waals surface area contributed by atoms with Crippen LogP contribution < -0.4 is 5.32 Å². The third-order valence-corrected chi connectivity index (χ3v) is 8.22. The summed E-state index contributed by atoms with van der Waals surface area (Å²) in [6.45, 7) is 2.61. The van der Waals surface area contributed by atoms with E-state index in [1.165, 1.54) is 12.3 Å². The Labute approximate surface area is 250 Å². The van der Waals surface area contributed by atoms with Crippen LogP contribution >= 0.6 is 0 Å². The van der Waals surface area contributed by atoms with Crippen molar-refractivity contribution in [3.8, 4) is 11.5 Å². The SMILES string of the molecule is Cc1nnn([C@H](c2ccccc2)C2CCN(C(=O)c3nccc(-c4nc5cc(NC(=O)[C@@H]6C[C@@H]6F)ccc5o4)c3F)CC2)n1. The number of carbonyl (C=O) groups is 2. The highest BCUT2D eigenvalue weighted by Gasteiger charge is 2.43. The van der Waals surface area contributed by atoms with Crippen LogP contribution in [0.4, 0.5) is 14.5 Å². The van der Waals surface area contributed by atoms with Crippen molar-refractivity contribution < 1.29 is 22.8 Å². The fourth-order valence-corrected chi connectivity index (χ4v) is 5.78. The van der Waals surface area contributed by atoms with Crippen LogP contribution in [0.25, 0.3) is 22.6 Å². The number of pyridine rings is 1. The van der Waals surface area contributed by atoms with Crippen molar-refractivity contribution in [3.63, 3.8) is 0 Å². The molecular formula is C31H28F2N8O3. The number of hydrogen-bond acceptors (Lipinski definition) is 8. The van der Waals surface area contributed by atoms with Gasteiger partial charge in [-0.2, -0.15) is 4.80 Å². The van der Waals surface area contributed by atoms with Gasteiger partial charge in [0.1, 0.15) is 17.7 Å². The van der Waals surface area contributed by atoms with Crippen LogP contribution in [0.2, 0.25) is 0 Å². The number of fused-ring (bicyclic) bond motifs is 1. The number of benzene rings is 2. The standard InChI is InChI=1S/C31H28F2N8O3/c1-17-37-39-41(38-17)28(18-5-3-2-4-6-18)19-10-13-40(14-11-19)31(43)27-26(33)21(9-12-34-27)30-36-24-15-20(7-8-25(24)44-30)35-29(42)22-16-23(22)32/h2-9,12,15,19,22-23,28H,10-11,13-14,16H2,1H3,(H,35,42)/t22-,23+,28-/m1/s1. The van der Waals surface area contributed by atoms with Crippen molar-refractivity contribution in [2.45, 2.75) is 38.4 Å². The van der Waals surface area contributed by atoms with Gasteiger partial charge < -0.3 is 14.6 Å². The zero-order valence-corrected chi connectivity index (χ0v) is 23.7. The molecule has 0 radical (unpaired) electrons. The number of nitrogens with one attached hydrogen (secondary N) is 1. The molecule has 3 aromatic heterocycles. The number of aryl methyl sites for hydroxylation is 1. The molecule has 0 bridgehead atoms. The number of halogens is 2. The van der Waals surface area contributed by atoms with Crippen LogP contribution in [0.15, 0.2) is 65.2 Å². The maximum Gasteiger partial charge on any atom is 0.275 e. The van der Waals surface area contributed by atoms with Gasteiger partial charge in [0.25, 0.3) is 5.91 Å². The van der Waals surface area contributed by atoms with Crippen molar-refractivity contribution in [2.24, 2.45) is 11.8 Å². The molecule has 2 amide bonds. The quantitative estimate of drug-likeness (QED) is 0.284. The first-order valence-corrected chi connectivity index (χ1v) is 14.5. The van der Waals surface area contributed by atoms with Crippen LogP contribution in [0.1, 0.15) is 47.2 Å². The number of piperidine rings is 1. The van der Waals surface area contributed by atoms with Crippen molar-refractivity contribution >= 4 is 28.6 Å². The first-order valence-electron chi connectivity index (χ1n) is 14.5. The van der Waals surface area contributed by atoms with Gasteiger partial charge in [-0.1, -0.05) is 30.3 Å². The number of tetrazole rings is 1. The van der Waals surface area contributed by atoms with Gasteiger partial charge in [-0.15, -0.1) is 10.2 Å². The summed E-state index contributed by atoms with van der Waals surface area (Å²) in [5, 5.41) is 15.4. The average molecular weight is 599 g/mol. The minimum absolute atomic E-state index is 0.00459. The van der Waals surface area contributed by atoms with E-state index in [4.69, 9.17) is 4.42 Å². The number of likely N-dealkylation sites (tertiary alicyclic amines) is 1. The van der Waals surface area contributed by atoms with E-state index in [2.05, 4.69) is 30.7 Å². The smallest absolute Gasteiger partial charge is 0.275 e. The molecule has 4 heterocycles. The normalized spacial score (nSPS) is 19.2. The van der Waals surface area contributed by atoms with Gasteiger partial charge in [0, 0.05) is 25.0 Å². The van der Waals surface area contributed by atoms with Crippen molar-refractivity contribution in [3.05, 3.63) is 83.7 Å². The summed E-state index contributed by atoms with van der Waals surface area (Å²) in [6, 6.07) is 16.0. The molecular weight excluding hydrogens is 570 g/mol. The van der Waals surface area contributed by atoms with E-state index in [0.717, 1.165) is 5.56 Å². The Balaban J connectivity index is 1.07. The molecule has 3 atom stereocenters. The van der Waals surface area contributed by atoms with Gasteiger partial charge in [-0.25, -0.2) is 18.7 Å². The highest BCUT2D eigenvalue weighted by Crippen LogP contribution is 2.36. The number of carbonyl (C=O) groups excluding carboxylic acids is 2. The molecule has 2 aliphatic rings. The molecule has 224 valence electrons. The lowest BCUT2D eigenvalue weighted by atomic mass is 9.85. The van der Waals surface area contributed by atoms with Crippen LogP contribution in [0.5, 0.6) is 0 Å². The van der Waals surface area contributed by atoms with Crippen molar-refractivity contribution in [1.82, 2.24) is 35.1 Å². The molecule has 0 spiro atoms. The molecule has 5 aromatic rings. The van der Waals surface area contributed by atoms with Crippen molar-refractivity contribution in [1.29, 1.82) is 0 Å². The van der Waals surface area contributed by atoms with Crippen LogP contribution in [0, 0.1) is 24.6 Å². The second-order valence-corrected chi connectivity index (χ2v) is 11.2. The lowest BCUT2D eigenvalue weighted by molar-refractivity contribution is -0.117. The zero-order chi connectivity index (χ0) is 30.4. The molecule has 11 nitrogen and oxygen atoms in total. The Kier molecular flexibility index (Phi) is 7.07. The Hall–Kier alpha value is -5.07. The topological polar surface area (TPSA) is 132 Å². The van der Waals surface area contributed by atoms with Gasteiger partial charge in [0.05, 0.1) is 11.5 Å². The summed E-state index contributed by atoms with van der Waals surface area (Å²) in [5.41, 5.74) is 1.91. The van der Waals surface area contributed by atoms with E-state index < -0.39 is 29.7 Å². The summed E-state index contributed by atoms with van der Waals surface area (Å²) in [7, 11) is 0. The fourth-order valence-electron chi connectivity index (χ4n) is 5.78. The summed E-state index contributed by atoms with van der Waals surface area (Å²) < 4.78 is 34.8. The lowest BCUT2D eigenvalue weighted by Crippen LogP contribution is -2.41. The Morgan fingerprint density at radius 1 is 1.09 bits per heavy atom. The molecule has 1 saturated heterocycles. The summed E-state index contributed by atoms with van der Waals surface area (Å²) in [4.78, 5) is 37.3. The summed E-state index contributed by atoms with van der Waals surface area (Å²) >= 11 is 0. The number of oxazole rings is 1. The molecule has 0 unspecified atom stereocenters.